The van der Waals surface area contributed by atoms with Crippen LogP contribution in [0.4, 0.5) is 0 Å². The van der Waals surface area contributed by atoms with Gasteiger partial charge in [-0.2, -0.15) is 0 Å². The monoisotopic (exact) mass is 170 g/mol. The molecule has 1 aliphatic carbocycles. The van der Waals surface area contributed by atoms with Gasteiger partial charge in [-0.15, -0.1) is 0 Å². The van der Waals surface area contributed by atoms with Crippen LogP contribution in [0.25, 0.3) is 0 Å². The number of hydrogen-bond donors (Lipinski definition) is 2. The van der Waals surface area contributed by atoms with E-state index in [1.807, 2.05) is 7.05 Å². The molecule has 72 valence electrons. The molecular weight excluding hydrogens is 148 g/mol. The highest BCUT2D eigenvalue weighted by molar-refractivity contribution is 4.70. The molecule has 0 heterocycles. The molecule has 0 spiro atoms. The molecule has 1 aliphatic rings. The van der Waals surface area contributed by atoms with Gasteiger partial charge in [-0.25, -0.2) is 0 Å². The molecule has 0 aromatic rings. The molecule has 0 saturated heterocycles. The fourth-order valence-corrected chi connectivity index (χ4v) is 1.88. The highest BCUT2D eigenvalue weighted by atomic mass is 14.9. The first kappa shape index (κ1) is 10.0. The summed E-state index contributed by atoms with van der Waals surface area (Å²) >= 11 is 0. The van der Waals surface area contributed by atoms with Crippen molar-refractivity contribution in [3.63, 3.8) is 0 Å². The van der Waals surface area contributed by atoms with E-state index in [0.717, 1.165) is 19.1 Å². The summed E-state index contributed by atoms with van der Waals surface area (Å²) in [5.41, 5.74) is 0. The van der Waals surface area contributed by atoms with Crippen LogP contribution in [0.1, 0.15) is 38.5 Å². The van der Waals surface area contributed by atoms with Gasteiger partial charge in [0.2, 0.25) is 0 Å². The average Bonchev–Trinajstić information content (AvgIpc) is 2.33. The summed E-state index contributed by atoms with van der Waals surface area (Å²) in [7, 11) is 2.01. The molecule has 0 aromatic heterocycles. The standard InChI is InChI=1S/C10H22N2/c1-11-8-9-12-10-6-4-2-3-5-7-10/h10-12H,2-9H2,1H3. The minimum Gasteiger partial charge on any atom is -0.318 e. The smallest absolute Gasteiger partial charge is 0.00792 e. The van der Waals surface area contributed by atoms with Gasteiger partial charge in [0.25, 0.3) is 0 Å². The second kappa shape index (κ2) is 6.44. The van der Waals surface area contributed by atoms with E-state index in [9.17, 15) is 0 Å². The maximum atomic E-state index is 3.60. The lowest BCUT2D eigenvalue weighted by molar-refractivity contribution is 0.459. The van der Waals surface area contributed by atoms with E-state index < -0.39 is 0 Å². The second-order valence-corrected chi connectivity index (χ2v) is 3.75. The normalized spacial score (nSPS) is 20.8. The molecule has 0 aliphatic heterocycles. The van der Waals surface area contributed by atoms with Gasteiger partial charge in [-0.3, -0.25) is 0 Å². The van der Waals surface area contributed by atoms with E-state index in [1.165, 1.54) is 38.5 Å². The average molecular weight is 170 g/mol. The maximum absolute atomic E-state index is 3.60. The van der Waals surface area contributed by atoms with Gasteiger partial charge in [0.05, 0.1) is 0 Å². The maximum Gasteiger partial charge on any atom is 0.00792 e. The molecule has 2 N–H and O–H groups in total. The summed E-state index contributed by atoms with van der Waals surface area (Å²) in [6.45, 7) is 2.22. The fourth-order valence-electron chi connectivity index (χ4n) is 1.88. The van der Waals surface area contributed by atoms with Crippen LogP contribution in [0.2, 0.25) is 0 Å². The number of likely N-dealkylation sites (N-methyl/N-ethyl adjacent to an activating group) is 1. The summed E-state index contributed by atoms with van der Waals surface area (Å²) in [5, 5.41) is 6.76. The Kier molecular flexibility index (Phi) is 5.37. The Labute approximate surface area is 76.1 Å². The predicted molar refractivity (Wildman–Crippen MR) is 53.4 cm³/mol. The molecule has 1 saturated carbocycles. The van der Waals surface area contributed by atoms with Gasteiger partial charge in [0.15, 0.2) is 0 Å². The Morgan fingerprint density at radius 1 is 1.00 bits per heavy atom. The Hall–Kier alpha value is -0.0800. The van der Waals surface area contributed by atoms with Crippen LogP contribution in [0, 0.1) is 0 Å². The van der Waals surface area contributed by atoms with Crippen LogP contribution in [0.15, 0.2) is 0 Å². The van der Waals surface area contributed by atoms with Crippen LogP contribution in [-0.2, 0) is 0 Å². The molecule has 1 fully saturated rings. The van der Waals surface area contributed by atoms with Crippen molar-refractivity contribution in [3.8, 4) is 0 Å². The second-order valence-electron chi connectivity index (χ2n) is 3.75. The zero-order chi connectivity index (χ0) is 8.65. The SMILES string of the molecule is CNCCNC1CCCCCC1. The molecule has 0 unspecified atom stereocenters. The topological polar surface area (TPSA) is 24.1 Å². The van der Waals surface area contributed by atoms with Crippen molar-refractivity contribution in [3.05, 3.63) is 0 Å². The lowest BCUT2D eigenvalue weighted by atomic mass is 10.1. The van der Waals surface area contributed by atoms with Gasteiger partial charge >= 0.3 is 0 Å². The Bertz CT molecular complexity index is 96.0. The lowest BCUT2D eigenvalue weighted by Gasteiger charge is -2.15. The first-order valence-electron chi connectivity index (χ1n) is 5.31. The minimum atomic E-state index is 0.806. The van der Waals surface area contributed by atoms with Gasteiger partial charge in [0.1, 0.15) is 0 Å². The number of hydrogen-bond acceptors (Lipinski definition) is 2. The number of rotatable bonds is 4. The third-order valence-corrected chi connectivity index (χ3v) is 2.66. The summed E-state index contributed by atoms with van der Waals surface area (Å²) in [6.07, 6.45) is 8.54. The minimum absolute atomic E-state index is 0.806. The first-order chi connectivity index (χ1) is 5.93. The third kappa shape index (κ3) is 4.07. The van der Waals surface area contributed by atoms with Crippen LogP contribution in [0.3, 0.4) is 0 Å². The molecule has 12 heavy (non-hydrogen) atoms. The zero-order valence-corrected chi connectivity index (χ0v) is 8.23. The molecule has 2 nitrogen and oxygen atoms in total. The molecule has 0 radical (unpaired) electrons. The van der Waals surface area contributed by atoms with E-state index in [0.29, 0.717) is 0 Å². The summed E-state index contributed by atoms with van der Waals surface area (Å²) in [4.78, 5) is 0. The van der Waals surface area contributed by atoms with E-state index in [1.54, 1.807) is 0 Å². The van der Waals surface area contributed by atoms with Crippen molar-refractivity contribution in [1.82, 2.24) is 10.6 Å². The number of nitrogens with one attached hydrogen (secondary N) is 2. The lowest BCUT2D eigenvalue weighted by Crippen LogP contribution is -2.33. The Morgan fingerprint density at radius 2 is 1.67 bits per heavy atom. The van der Waals surface area contributed by atoms with Crippen LogP contribution < -0.4 is 10.6 Å². The third-order valence-electron chi connectivity index (χ3n) is 2.66. The van der Waals surface area contributed by atoms with E-state index in [2.05, 4.69) is 10.6 Å². The summed E-state index contributed by atoms with van der Waals surface area (Å²) < 4.78 is 0. The molecule has 0 amide bonds. The van der Waals surface area contributed by atoms with Crippen LogP contribution in [-0.4, -0.2) is 26.2 Å². The van der Waals surface area contributed by atoms with E-state index in [-0.39, 0.29) is 0 Å². The largest absolute Gasteiger partial charge is 0.318 e. The molecule has 0 atom stereocenters. The van der Waals surface area contributed by atoms with Crippen molar-refractivity contribution < 1.29 is 0 Å². The fraction of sp³-hybridized carbons (Fsp3) is 1.00. The summed E-state index contributed by atoms with van der Waals surface area (Å²) in [6, 6.07) is 0.806. The Morgan fingerprint density at radius 3 is 2.25 bits per heavy atom. The van der Waals surface area contributed by atoms with Crippen molar-refractivity contribution in [1.29, 1.82) is 0 Å². The van der Waals surface area contributed by atoms with E-state index in [4.69, 9.17) is 0 Å². The van der Waals surface area contributed by atoms with Crippen LogP contribution in [0.5, 0.6) is 0 Å². The Balaban J connectivity index is 2.04. The molecule has 1 rings (SSSR count). The zero-order valence-electron chi connectivity index (χ0n) is 8.23. The highest BCUT2D eigenvalue weighted by Gasteiger charge is 2.10. The van der Waals surface area contributed by atoms with Crippen molar-refractivity contribution in [2.75, 3.05) is 20.1 Å². The highest BCUT2D eigenvalue weighted by Crippen LogP contribution is 2.16. The van der Waals surface area contributed by atoms with E-state index >= 15 is 0 Å². The first-order valence-corrected chi connectivity index (χ1v) is 5.31. The summed E-state index contributed by atoms with van der Waals surface area (Å²) in [5.74, 6) is 0. The van der Waals surface area contributed by atoms with Gasteiger partial charge in [-0.05, 0) is 19.9 Å². The predicted octanol–water partition coefficient (Wildman–Crippen LogP) is 1.52. The van der Waals surface area contributed by atoms with Gasteiger partial charge in [-0.1, -0.05) is 25.7 Å². The molecule has 0 aromatic carbocycles. The molecular formula is C10H22N2. The van der Waals surface area contributed by atoms with Crippen molar-refractivity contribution in [2.24, 2.45) is 0 Å². The van der Waals surface area contributed by atoms with Crippen molar-refractivity contribution in [2.45, 2.75) is 44.6 Å². The molecule has 2 heteroatoms. The molecule has 0 bridgehead atoms. The quantitative estimate of drug-likeness (QED) is 0.494. The van der Waals surface area contributed by atoms with Gasteiger partial charge < -0.3 is 10.6 Å². The van der Waals surface area contributed by atoms with Gasteiger partial charge in [0, 0.05) is 19.1 Å². The van der Waals surface area contributed by atoms with Crippen LogP contribution >= 0.6 is 0 Å². The van der Waals surface area contributed by atoms with Crippen molar-refractivity contribution >= 4 is 0 Å².